The van der Waals surface area contributed by atoms with Gasteiger partial charge in [-0.2, -0.15) is 0 Å². The minimum Gasteiger partial charge on any atom is -0.461 e. The van der Waals surface area contributed by atoms with E-state index in [0.717, 1.165) is 17.8 Å². The minimum atomic E-state index is 0.0198. The van der Waals surface area contributed by atoms with Crippen molar-refractivity contribution < 1.29 is 9.53 Å². The molecule has 0 spiro atoms. The summed E-state index contributed by atoms with van der Waals surface area (Å²) in [6.07, 6.45) is 15.1. The van der Waals surface area contributed by atoms with Gasteiger partial charge in [0.1, 0.15) is 6.10 Å². The fourth-order valence-corrected chi connectivity index (χ4v) is 4.93. The van der Waals surface area contributed by atoms with Gasteiger partial charge in [0.05, 0.1) is 6.42 Å². The second-order valence-electron chi connectivity index (χ2n) is 7.48. The highest BCUT2D eigenvalue weighted by Crippen LogP contribution is 2.44. The van der Waals surface area contributed by atoms with Crippen LogP contribution in [0.4, 0.5) is 0 Å². The lowest BCUT2D eigenvalue weighted by molar-refractivity contribution is -0.176. The summed E-state index contributed by atoms with van der Waals surface area (Å²) < 4.78 is 5.26. The Morgan fingerprint density at radius 2 is 1.40 bits per heavy atom. The Morgan fingerprint density at radius 3 is 1.90 bits per heavy atom. The van der Waals surface area contributed by atoms with Crippen LogP contribution in [-0.2, 0) is 9.53 Å². The van der Waals surface area contributed by atoms with Gasteiger partial charge in [0, 0.05) is 0 Å². The molecule has 114 valence electrons. The zero-order chi connectivity index (χ0) is 13.9. The Bertz CT molecular complexity index is 314. The van der Waals surface area contributed by atoms with E-state index in [1.807, 2.05) is 0 Å². The smallest absolute Gasteiger partial charge is 0.309 e. The lowest BCUT2D eigenvalue weighted by Gasteiger charge is -2.41. The molecule has 1 atom stereocenters. The van der Waals surface area contributed by atoms with Crippen molar-refractivity contribution >= 4 is 5.97 Å². The second-order valence-corrected chi connectivity index (χ2v) is 7.48. The summed E-state index contributed by atoms with van der Waals surface area (Å²) in [5, 5.41) is 0. The number of esters is 1. The van der Waals surface area contributed by atoms with Crippen LogP contribution in [-0.4, -0.2) is 12.1 Å². The Labute approximate surface area is 123 Å². The van der Waals surface area contributed by atoms with Crippen LogP contribution in [0.3, 0.4) is 0 Å². The normalized spacial score (nSPS) is 41.9. The molecule has 3 fully saturated rings. The average Bonchev–Trinajstić information content (AvgIpc) is 2.46. The first-order valence-electron chi connectivity index (χ1n) is 8.95. The maximum atomic E-state index is 10.9. The van der Waals surface area contributed by atoms with Gasteiger partial charge in [-0.25, -0.2) is 0 Å². The summed E-state index contributed by atoms with van der Waals surface area (Å²) in [5.41, 5.74) is 0. The summed E-state index contributed by atoms with van der Waals surface area (Å²) in [5.74, 6) is 3.71. The molecule has 0 aromatic carbocycles. The van der Waals surface area contributed by atoms with Crippen LogP contribution in [0.15, 0.2) is 0 Å². The predicted molar refractivity (Wildman–Crippen MR) is 80.3 cm³/mol. The first-order chi connectivity index (χ1) is 9.76. The topological polar surface area (TPSA) is 26.3 Å². The summed E-state index contributed by atoms with van der Waals surface area (Å²) in [4.78, 5) is 10.9. The number of hydrogen-bond donors (Lipinski definition) is 0. The van der Waals surface area contributed by atoms with E-state index in [9.17, 15) is 4.79 Å². The van der Waals surface area contributed by atoms with Gasteiger partial charge < -0.3 is 4.74 Å². The van der Waals surface area contributed by atoms with E-state index in [-0.39, 0.29) is 12.1 Å². The van der Waals surface area contributed by atoms with Crippen LogP contribution in [0, 0.1) is 23.7 Å². The van der Waals surface area contributed by atoms with Crippen molar-refractivity contribution in [2.24, 2.45) is 23.7 Å². The van der Waals surface area contributed by atoms with E-state index in [4.69, 9.17) is 4.74 Å². The summed E-state index contributed by atoms with van der Waals surface area (Å²) in [6, 6.07) is 0. The van der Waals surface area contributed by atoms with Crippen molar-refractivity contribution in [3.05, 3.63) is 0 Å². The maximum absolute atomic E-state index is 10.9. The lowest BCUT2D eigenvalue weighted by Crippen LogP contribution is -2.41. The van der Waals surface area contributed by atoms with Gasteiger partial charge >= 0.3 is 5.97 Å². The molecule has 2 aliphatic carbocycles. The van der Waals surface area contributed by atoms with Crippen molar-refractivity contribution in [1.82, 2.24) is 0 Å². The van der Waals surface area contributed by atoms with Crippen molar-refractivity contribution in [3.8, 4) is 0 Å². The number of carbonyl (C=O) groups excluding carboxylic acids is 1. The SMILES string of the molecule is CCC[C@H]1CC[C@H]([C@H]2CC[C@@H](C3CC(=O)O3)CC2)CC1. The molecule has 2 heteroatoms. The maximum Gasteiger partial charge on any atom is 0.309 e. The van der Waals surface area contributed by atoms with E-state index < -0.39 is 0 Å². The van der Waals surface area contributed by atoms with Crippen molar-refractivity contribution in [2.45, 2.75) is 83.7 Å². The lowest BCUT2D eigenvalue weighted by atomic mass is 9.67. The number of cyclic esters (lactones) is 1. The molecule has 1 aliphatic heterocycles. The van der Waals surface area contributed by atoms with Crippen molar-refractivity contribution in [2.75, 3.05) is 0 Å². The molecule has 2 saturated carbocycles. The molecule has 1 heterocycles. The van der Waals surface area contributed by atoms with Crippen LogP contribution in [0.25, 0.3) is 0 Å². The Morgan fingerprint density at radius 1 is 0.900 bits per heavy atom. The minimum absolute atomic E-state index is 0.0198. The monoisotopic (exact) mass is 278 g/mol. The highest BCUT2D eigenvalue weighted by molar-refractivity contribution is 5.75. The molecular weight excluding hydrogens is 248 g/mol. The van der Waals surface area contributed by atoms with Gasteiger partial charge in [0.2, 0.25) is 0 Å². The van der Waals surface area contributed by atoms with E-state index in [2.05, 4.69) is 6.92 Å². The standard InChI is InChI=1S/C18H30O2/c1-2-3-13-4-6-14(7-5-13)15-8-10-16(11-9-15)17-12-18(19)20-17/h13-17H,2-12H2,1H3/t13-,14-,15-,16+,17?. The molecule has 20 heavy (non-hydrogen) atoms. The van der Waals surface area contributed by atoms with Gasteiger partial charge in [-0.3, -0.25) is 4.79 Å². The molecule has 0 amide bonds. The summed E-state index contributed by atoms with van der Waals surface area (Å²) >= 11 is 0. The van der Waals surface area contributed by atoms with Gasteiger partial charge in [-0.15, -0.1) is 0 Å². The highest BCUT2D eigenvalue weighted by atomic mass is 16.6. The van der Waals surface area contributed by atoms with Crippen LogP contribution in [0.2, 0.25) is 0 Å². The second kappa shape index (κ2) is 6.49. The molecule has 0 radical (unpaired) electrons. The van der Waals surface area contributed by atoms with Crippen molar-refractivity contribution in [3.63, 3.8) is 0 Å². The fraction of sp³-hybridized carbons (Fsp3) is 0.944. The van der Waals surface area contributed by atoms with Crippen LogP contribution in [0.5, 0.6) is 0 Å². The molecule has 3 aliphatic rings. The van der Waals surface area contributed by atoms with Gasteiger partial charge in [0.25, 0.3) is 0 Å². The number of hydrogen-bond acceptors (Lipinski definition) is 2. The highest BCUT2D eigenvalue weighted by Gasteiger charge is 2.39. The number of carbonyl (C=O) groups is 1. The molecule has 0 N–H and O–H groups in total. The van der Waals surface area contributed by atoms with Crippen LogP contribution in [0.1, 0.15) is 77.6 Å². The van der Waals surface area contributed by atoms with Crippen LogP contribution >= 0.6 is 0 Å². The number of rotatable bonds is 4. The zero-order valence-electron chi connectivity index (χ0n) is 13.0. The first-order valence-corrected chi connectivity index (χ1v) is 8.95. The first kappa shape index (κ1) is 14.4. The molecular formula is C18H30O2. The third-order valence-corrected chi connectivity index (χ3v) is 6.25. The average molecular weight is 278 g/mol. The number of ether oxygens (including phenoxy) is 1. The summed E-state index contributed by atoms with van der Waals surface area (Å²) in [7, 11) is 0. The van der Waals surface area contributed by atoms with Gasteiger partial charge in [-0.1, -0.05) is 32.6 Å². The van der Waals surface area contributed by atoms with E-state index in [0.29, 0.717) is 12.3 Å². The van der Waals surface area contributed by atoms with E-state index in [1.54, 1.807) is 0 Å². The molecule has 0 bridgehead atoms. The quantitative estimate of drug-likeness (QED) is 0.696. The molecule has 0 aromatic rings. The molecule has 1 unspecified atom stereocenters. The third-order valence-electron chi connectivity index (χ3n) is 6.25. The molecule has 0 aromatic heterocycles. The summed E-state index contributed by atoms with van der Waals surface area (Å²) in [6.45, 7) is 2.32. The largest absolute Gasteiger partial charge is 0.461 e. The Hall–Kier alpha value is -0.530. The van der Waals surface area contributed by atoms with E-state index >= 15 is 0 Å². The molecule has 1 saturated heterocycles. The predicted octanol–water partition coefficient (Wildman–Crippen LogP) is 4.71. The Kier molecular flexibility index (Phi) is 4.68. The van der Waals surface area contributed by atoms with Gasteiger partial charge in [0.15, 0.2) is 0 Å². The Balaban J connectivity index is 1.39. The fourth-order valence-electron chi connectivity index (χ4n) is 4.93. The van der Waals surface area contributed by atoms with E-state index in [1.165, 1.54) is 64.2 Å². The molecule has 3 rings (SSSR count). The van der Waals surface area contributed by atoms with Crippen LogP contribution < -0.4 is 0 Å². The van der Waals surface area contributed by atoms with Gasteiger partial charge in [-0.05, 0) is 62.2 Å². The van der Waals surface area contributed by atoms with Crippen molar-refractivity contribution in [1.29, 1.82) is 0 Å². The zero-order valence-corrected chi connectivity index (χ0v) is 13.0. The molecule has 2 nitrogen and oxygen atoms in total. The third kappa shape index (κ3) is 3.20.